The van der Waals surface area contributed by atoms with Gasteiger partial charge >= 0.3 is 0 Å². The van der Waals surface area contributed by atoms with Gasteiger partial charge in [-0.1, -0.05) is 5.16 Å². The number of benzene rings is 2. The fourth-order valence-electron chi connectivity index (χ4n) is 1.87. The molecule has 132 valence electrons. The van der Waals surface area contributed by atoms with Gasteiger partial charge < -0.3 is 14.9 Å². The van der Waals surface area contributed by atoms with Crippen LogP contribution in [-0.4, -0.2) is 24.8 Å². The molecule has 0 aliphatic carbocycles. The summed E-state index contributed by atoms with van der Waals surface area (Å²) in [6.45, 7) is 3.97. The van der Waals surface area contributed by atoms with E-state index in [0.29, 0.717) is 6.61 Å². The van der Waals surface area contributed by atoms with Gasteiger partial charge in [0.25, 0.3) is 5.91 Å². The summed E-state index contributed by atoms with van der Waals surface area (Å²) in [5.41, 5.74) is 0.909. The predicted molar refractivity (Wildman–Crippen MR) is 90.7 cm³/mol. The Labute approximate surface area is 144 Å². The lowest BCUT2D eigenvalue weighted by Crippen LogP contribution is -2.26. The third-order valence-electron chi connectivity index (χ3n) is 3.17. The third-order valence-corrected chi connectivity index (χ3v) is 3.17. The van der Waals surface area contributed by atoms with Gasteiger partial charge in [-0.2, -0.15) is 0 Å². The van der Waals surface area contributed by atoms with Crippen LogP contribution in [0.25, 0.3) is 0 Å². The number of carbonyl (C=O) groups excluding carboxylic acids is 1. The molecule has 25 heavy (non-hydrogen) atoms. The highest BCUT2D eigenvalue weighted by Gasteiger charge is 2.15. The van der Waals surface area contributed by atoms with Crippen molar-refractivity contribution in [1.82, 2.24) is 0 Å². The van der Waals surface area contributed by atoms with E-state index in [9.17, 15) is 13.6 Å². The number of nitrogens with one attached hydrogen (secondary N) is 1. The summed E-state index contributed by atoms with van der Waals surface area (Å²) in [7, 11) is 0. The zero-order valence-electron chi connectivity index (χ0n) is 13.8. The summed E-state index contributed by atoms with van der Waals surface area (Å²) >= 11 is 0. The van der Waals surface area contributed by atoms with Crippen LogP contribution in [0, 0.1) is 11.6 Å². The quantitative estimate of drug-likeness (QED) is 0.612. The van der Waals surface area contributed by atoms with Crippen LogP contribution in [0.4, 0.5) is 14.5 Å². The second-order valence-corrected chi connectivity index (χ2v) is 5.10. The molecule has 0 radical (unpaired) electrons. The molecular formula is C18H18F2N2O3. The van der Waals surface area contributed by atoms with Gasteiger partial charge in [0, 0.05) is 11.8 Å². The SMILES string of the molecule is CCOc1ccc(C=NO[C@@H](C)C(=O)Nc2ccc(F)c(F)c2)cc1. The van der Waals surface area contributed by atoms with E-state index in [4.69, 9.17) is 9.57 Å². The zero-order chi connectivity index (χ0) is 18.2. The van der Waals surface area contributed by atoms with Crippen molar-refractivity contribution in [2.45, 2.75) is 20.0 Å². The van der Waals surface area contributed by atoms with Gasteiger partial charge in [-0.05, 0) is 55.8 Å². The summed E-state index contributed by atoms with van der Waals surface area (Å²) in [5.74, 6) is -1.81. The maximum atomic E-state index is 13.1. The Bertz CT molecular complexity index is 748. The molecule has 0 saturated heterocycles. The molecule has 0 fully saturated rings. The Balaban J connectivity index is 1.86. The predicted octanol–water partition coefficient (Wildman–Crippen LogP) is 3.74. The Morgan fingerprint density at radius 1 is 1.20 bits per heavy atom. The van der Waals surface area contributed by atoms with Crippen LogP contribution in [0.5, 0.6) is 5.75 Å². The molecule has 7 heteroatoms. The number of ether oxygens (including phenoxy) is 1. The van der Waals surface area contributed by atoms with Gasteiger partial charge in [0.05, 0.1) is 12.8 Å². The van der Waals surface area contributed by atoms with E-state index in [1.54, 1.807) is 24.3 Å². The Morgan fingerprint density at radius 3 is 2.56 bits per heavy atom. The first kappa shape index (κ1) is 18.4. The van der Waals surface area contributed by atoms with E-state index in [1.165, 1.54) is 19.2 Å². The second kappa shape index (κ2) is 8.77. The average Bonchev–Trinajstić information content (AvgIpc) is 2.60. The molecule has 0 saturated carbocycles. The van der Waals surface area contributed by atoms with Gasteiger partial charge in [-0.3, -0.25) is 4.79 Å². The Morgan fingerprint density at radius 2 is 1.92 bits per heavy atom. The number of amides is 1. The van der Waals surface area contributed by atoms with Crippen molar-refractivity contribution in [3.63, 3.8) is 0 Å². The van der Waals surface area contributed by atoms with Crippen molar-refractivity contribution >= 4 is 17.8 Å². The summed E-state index contributed by atoms with van der Waals surface area (Å²) in [6.07, 6.45) is 0.545. The normalized spacial score (nSPS) is 12.0. The summed E-state index contributed by atoms with van der Waals surface area (Å²) < 4.78 is 31.3. The molecule has 2 rings (SSSR count). The molecule has 0 aliphatic rings. The molecule has 5 nitrogen and oxygen atoms in total. The number of carbonyl (C=O) groups is 1. The maximum Gasteiger partial charge on any atom is 0.267 e. The Kier molecular flexibility index (Phi) is 6.45. The molecule has 0 aliphatic heterocycles. The first-order valence-corrected chi connectivity index (χ1v) is 7.67. The van der Waals surface area contributed by atoms with E-state index < -0.39 is 23.6 Å². The minimum Gasteiger partial charge on any atom is -0.494 e. The fourth-order valence-corrected chi connectivity index (χ4v) is 1.87. The van der Waals surface area contributed by atoms with E-state index >= 15 is 0 Å². The maximum absolute atomic E-state index is 13.1. The monoisotopic (exact) mass is 348 g/mol. The number of hydrogen-bond donors (Lipinski definition) is 1. The van der Waals surface area contributed by atoms with Crippen LogP contribution < -0.4 is 10.1 Å². The minimum atomic E-state index is -1.04. The van der Waals surface area contributed by atoms with Crippen molar-refractivity contribution in [1.29, 1.82) is 0 Å². The van der Waals surface area contributed by atoms with Gasteiger partial charge in [0.1, 0.15) is 5.75 Å². The molecule has 1 N–H and O–H groups in total. The van der Waals surface area contributed by atoms with Gasteiger partial charge in [0.15, 0.2) is 11.6 Å². The second-order valence-electron chi connectivity index (χ2n) is 5.10. The lowest BCUT2D eigenvalue weighted by atomic mass is 10.2. The number of anilines is 1. The number of halogens is 2. The molecule has 0 aromatic heterocycles. The van der Waals surface area contributed by atoms with Crippen LogP contribution >= 0.6 is 0 Å². The smallest absolute Gasteiger partial charge is 0.267 e. The molecule has 0 spiro atoms. The first-order chi connectivity index (χ1) is 12.0. The zero-order valence-corrected chi connectivity index (χ0v) is 13.8. The number of rotatable bonds is 7. The summed E-state index contributed by atoms with van der Waals surface area (Å²) in [4.78, 5) is 17.0. The lowest BCUT2D eigenvalue weighted by Gasteiger charge is -2.10. The molecule has 0 bridgehead atoms. The van der Waals surface area contributed by atoms with Crippen LogP contribution in [0.1, 0.15) is 19.4 Å². The van der Waals surface area contributed by atoms with Crippen molar-refractivity contribution in [3.8, 4) is 5.75 Å². The van der Waals surface area contributed by atoms with E-state index in [-0.39, 0.29) is 5.69 Å². The van der Waals surface area contributed by atoms with E-state index in [0.717, 1.165) is 23.4 Å². The van der Waals surface area contributed by atoms with Gasteiger partial charge in [-0.15, -0.1) is 0 Å². The van der Waals surface area contributed by atoms with Crippen molar-refractivity contribution in [3.05, 3.63) is 59.7 Å². The number of nitrogens with zero attached hydrogens (tertiary/aromatic N) is 1. The number of oxime groups is 1. The molecule has 2 aromatic carbocycles. The minimum absolute atomic E-state index is 0.134. The molecule has 1 amide bonds. The standard InChI is InChI=1S/C18H18F2N2O3/c1-3-24-15-7-4-13(5-8-15)11-21-25-12(2)18(23)22-14-6-9-16(19)17(20)10-14/h4-12H,3H2,1-2H3,(H,22,23)/t12-/m0/s1. The lowest BCUT2D eigenvalue weighted by molar-refractivity contribution is -0.126. The average molecular weight is 348 g/mol. The molecule has 0 unspecified atom stereocenters. The molecular weight excluding hydrogens is 330 g/mol. The first-order valence-electron chi connectivity index (χ1n) is 7.67. The van der Waals surface area contributed by atoms with E-state index in [1.807, 2.05) is 6.92 Å². The summed E-state index contributed by atoms with van der Waals surface area (Å²) in [6, 6.07) is 10.3. The van der Waals surface area contributed by atoms with Gasteiger partial charge in [-0.25, -0.2) is 8.78 Å². The molecule has 2 aromatic rings. The van der Waals surface area contributed by atoms with Crippen LogP contribution in [-0.2, 0) is 9.63 Å². The van der Waals surface area contributed by atoms with Crippen molar-refractivity contribution < 1.29 is 23.1 Å². The van der Waals surface area contributed by atoms with Crippen LogP contribution in [0.3, 0.4) is 0 Å². The Hall–Kier alpha value is -2.96. The van der Waals surface area contributed by atoms with E-state index in [2.05, 4.69) is 10.5 Å². The van der Waals surface area contributed by atoms with Crippen LogP contribution in [0.2, 0.25) is 0 Å². The van der Waals surface area contributed by atoms with Crippen molar-refractivity contribution in [2.75, 3.05) is 11.9 Å². The third kappa shape index (κ3) is 5.56. The molecule has 0 heterocycles. The number of hydrogen-bond acceptors (Lipinski definition) is 4. The van der Waals surface area contributed by atoms with Crippen LogP contribution in [0.15, 0.2) is 47.6 Å². The highest BCUT2D eigenvalue weighted by Crippen LogP contribution is 2.14. The summed E-state index contributed by atoms with van der Waals surface area (Å²) in [5, 5.41) is 6.17. The fraction of sp³-hybridized carbons (Fsp3) is 0.222. The highest BCUT2D eigenvalue weighted by atomic mass is 19.2. The molecule has 1 atom stereocenters. The van der Waals surface area contributed by atoms with Crippen molar-refractivity contribution in [2.24, 2.45) is 5.16 Å². The highest BCUT2D eigenvalue weighted by molar-refractivity contribution is 5.93. The topological polar surface area (TPSA) is 59.9 Å². The van der Waals surface area contributed by atoms with Gasteiger partial charge in [0.2, 0.25) is 6.10 Å². The largest absolute Gasteiger partial charge is 0.494 e.